The Morgan fingerprint density at radius 2 is 2.17 bits per heavy atom. The van der Waals surface area contributed by atoms with E-state index in [-0.39, 0.29) is 4.58 Å². The summed E-state index contributed by atoms with van der Waals surface area (Å²) in [6.45, 7) is 4.73. The SMILES string of the molecule is O=C(/C=C/c1cccc(C=NOCCN2CCOCC2)c1)N(O)Cl. The lowest BCUT2D eigenvalue weighted by Gasteiger charge is -2.25. The molecule has 0 radical (unpaired) electrons. The van der Waals surface area contributed by atoms with Crippen LogP contribution >= 0.6 is 11.8 Å². The van der Waals surface area contributed by atoms with Crippen LogP contribution in [0.2, 0.25) is 0 Å². The van der Waals surface area contributed by atoms with Crippen LogP contribution < -0.4 is 0 Å². The van der Waals surface area contributed by atoms with E-state index < -0.39 is 5.91 Å². The van der Waals surface area contributed by atoms with E-state index in [1.54, 1.807) is 12.3 Å². The molecule has 1 saturated heterocycles. The van der Waals surface area contributed by atoms with Gasteiger partial charge in [0.2, 0.25) is 0 Å². The summed E-state index contributed by atoms with van der Waals surface area (Å²) in [5, 5.41) is 12.7. The number of benzene rings is 1. The van der Waals surface area contributed by atoms with Gasteiger partial charge in [0.1, 0.15) is 6.61 Å². The summed E-state index contributed by atoms with van der Waals surface area (Å²) in [4.78, 5) is 18.7. The first-order chi connectivity index (χ1) is 11.6. The molecule has 1 amide bonds. The molecule has 1 heterocycles. The van der Waals surface area contributed by atoms with Gasteiger partial charge in [0, 0.05) is 37.5 Å². The molecule has 0 atom stereocenters. The van der Waals surface area contributed by atoms with Crippen molar-refractivity contribution in [3.05, 3.63) is 41.5 Å². The van der Waals surface area contributed by atoms with Crippen LogP contribution in [0, 0.1) is 0 Å². The average molecular weight is 354 g/mol. The Morgan fingerprint density at radius 1 is 1.42 bits per heavy atom. The summed E-state index contributed by atoms with van der Waals surface area (Å²) in [5.41, 5.74) is 1.61. The molecule has 8 heteroatoms. The maximum absolute atomic E-state index is 11.2. The smallest absolute Gasteiger partial charge is 0.285 e. The first-order valence-corrected chi connectivity index (χ1v) is 7.91. The van der Waals surface area contributed by atoms with E-state index in [9.17, 15) is 4.79 Å². The summed E-state index contributed by atoms with van der Waals surface area (Å²) < 4.78 is 5.29. The Balaban J connectivity index is 1.77. The number of ether oxygens (including phenoxy) is 1. The highest BCUT2D eigenvalue weighted by Crippen LogP contribution is 2.06. The van der Waals surface area contributed by atoms with Gasteiger partial charge in [0.15, 0.2) is 0 Å². The molecule has 1 fully saturated rings. The van der Waals surface area contributed by atoms with Crippen LogP contribution in [-0.2, 0) is 14.4 Å². The molecule has 0 saturated carbocycles. The molecule has 1 aromatic rings. The average Bonchev–Trinajstić information content (AvgIpc) is 2.60. The lowest BCUT2D eigenvalue weighted by Crippen LogP contribution is -2.38. The molecule has 7 nitrogen and oxygen atoms in total. The second-order valence-corrected chi connectivity index (χ2v) is 5.44. The molecule has 1 aromatic carbocycles. The summed E-state index contributed by atoms with van der Waals surface area (Å²) >= 11 is 5.12. The Morgan fingerprint density at radius 3 is 2.92 bits per heavy atom. The third kappa shape index (κ3) is 6.67. The summed E-state index contributed by atoms with van der Waals surface area (Å²) in [6.07, 6.45) is 4.32. The molecular formula is C16H20ClN3O4. The molecule has 130 valence electrons. The Hall–Kier alpha value is -1.93. The van der Waals surface area contributed by atoms with Gasteiger partial charge in [-0.15, -0.1) is 4.58 Å². The number of nitrogens with zero attached hydrogens (tertiary/aromatic N) is 3. The van der Waals surface area contributed by atoms with Crippen LogP contribution in [0.3, 0.4) is 0 Å². The summed E-state index contributed by atoms with van der Waals surface area (Å²) in [5.74, 6) is -0.720. The van der Waals surface area contributed by atoms with Crippen LogP contribution in [0.4, 0.5) is 0 Å². The van der Waals surface area contributed by atoms with Crippen molar-refractivity contribution in [1.29, 1.82) is 0 Å². The fraction of sp³-hybridized carbons (Fsp3) is 0.375. The fourth-order valence-corrected chi connectivity index (χ4v) is 2.17. The highest BCUT2D eigenvalue weighted by atomic mass is 35.5. The third-order valence-electron chi connectivity index (χ3n) is 3.39. The molecule has 0 bridgehead atoms. The lowest BCUT2D eigenvalue weighted by molar-refractivity contribution is -0.140. The molecule has 0 aromatic heterocycles. The van der Waals surface area contributed by atoms with Crippen molar-refractivity contribution in [3.8, 4) is 0 Å². The van der Waals surface area contributed by atoms with Gasteiger partial charge < -0.3 is 9.57 Å². The van der Waals surface area contributed by atoms with Gasteiger partial charge in [-0.25, -0.2) is 0 Å². The maximum Gasteiger partial charge on any atom is 0.285 e. The van der Waals surface area contributed by atoms with Gasteiger partial charge in [0.05, 0.1) is 19.4 Å². The van der Waals surface area contributed by atoms with E-state index >= 15 is 0 Å². The third-order valence-corrected chi connectivity index (χ3v) is 3.56. The van der Waals surface area contributed by atoms with Crippen molar-refractivity contribution in [2.45, 2.75) is 0 Å². The highest BCUT2D eigenvalue weighted by molar-refractivity contribution is 6.22. The fourth-order valence-electron chi connectivity index (χ4n) is 2.12. The van der Waals surface area contributed by atoms with Crippen molar-refractivity contribution in [1.82, 2.24) is 9.48 Å². The van der Waals surface area contributed by atoms with Gasteiger partial charge in [-0.3, -0.25) is 14.9 Å². The number of carbonyl (C=O) groups is 1. The number of amides is 1. The number of hydrogen-bond donors (Lipinski definition) is 1. The Labute approximate surface area is 145 Å². The predicted molar refractivity (Wildman–Crippen MR) is 90.8 cm³/mol. The van der Waals surface area contributed by atoms with Crippen molar-refractivity contribution in [2.24, 2.45) is 5.16 Å². The number of oxime groups is 1. The molecule has 1 aliphatic rings. The summed E-state index contributed by atoms with van der Waals surface area (Å²) in [6, 6.07) is 7.34. The van der Waals surface area contributed by atoms with Crippen molar-refractivity contribution >= 4 is 30.0 Å². The number of hydrogen-bond acceptors (Lipinski definition) is 6. The van der Waals surface area contributed by atoms with Crippen LogP contribution in [0.25, 0.3) is 6.08 Å². The van der Waals surface area contributed by atoms with Gasteiger partial charge in [-0.05, 0) is 23.3 Å². The highest BCUT2D eigenvalue weighted by Gasteiger charge is 2.09. The minimum atomic E-state index is -0.720. The van der Waals surface area contributed by atoms with E-state index in [1.807, 2.05) is 24.3 Å². The zero-order valence-corrected chi connectivity index (χ0v) is 13.9. The van der Waals surface area contributed by atoms with Crippen LogP contribution in [-0.4, -0.2) is 66.3 Å². The molecule has 0 aliphatic carbocycles. The standard InChI is InChI=1S/C16H20ClN3O4/c17-20(22)16(21)5-4-14-2-1-3-15(12-14)13-18-24-11-8-19-6-9-23-10-7-19/h1-5,12-13,22H,6-11H2/b5-4+,18-13?. The van der Waals surface area contributed by atoms with E-state index in [0.29, 0.717) is 6.61 Å². The largest absolute Gasteiger partial charge is 0.394 e. The molecule has 24 heavy (non-hydrogen) atoms. The van der Waals surface area contributed by atoms with Gasteiger partial charge in [0.25, 0.3) is 5.91 Å². The quantitative estimate of drug-likeness (QED) is 0.202. The normalized spacial score (nSPS) is 15.9. The number of rotatable bonds is 7. The number of carbonyl (C=O) groups excluding carboxylic acids is 1. The second kappa shape index (κ2) is 10.0. The minimum absolute atomic E-state index is 0.00408. The van der Waals surface area contributed by atoms with E-state index in [2.05, 4.69) is 10.1 Å². The molecule has 1 N–H and O–H groups in total. The van der Waals surface area contributed by atoms with Crippen LogP contribution in [0.1, 0.15) is 11.1 Å². The van der Waals surface area contributed by atoms with E-state index in [0.717, 1.165) is 44.0 Å². The first kappa shape index (κ1) is 18.4. The Kier molecular flexibility index (Phi) is 7.70. The topological polar surface area (TPSA) is 74.6 Å². The first-order valence-electron chi connectivity index (χ1n) is 7.57. The maximum atomic E-state index is 11.2. The number of hydroxylamine groups is 1. The second-order valence-electron chi connectivity index (χ2n) is 5.12. The molecule has 0 unspecified atom stereocenters. The van der Waals surface area contributed by atoms with Crippen molar-refractivity contribution < 1.29 is 19.6 Å². The van der Waals surface area contributed by atoms with Gasteiger partial charge >= 0.3 is 0 Å². The van der Waals surface area contributed by atoms with Crippen LogP contribution in [0.15, 0.2) is 35.5 Å². The lowest BCUT2D eigenvalue weighted by atomic mass is 10.1. The predicted octanol–water partition coefficient (Wildman–Crippen LogP) is 1.75. The zero-order valence-electron chi connectivity index (χ0n) is 13.2. The monoisotopic (exact) mass is 353 g/mol. The van der Waals surface area contributed by atoms with Crippen molar-refractivity contribution in [3.63, 3.8) is 0 Å². The summed E-state index contributed by atoms with van der Waals surface area (Å²) in [7, 11) is 0. The zero-order chi connectivity index (χ0) is 17.2. The molecule has 1 aliphatic heterocycles. The van der Waals surface area contributed by atoms with Gasteiger partial charge in [-0.1, -0.05) is 23.4 Å². The van der Waals surface area contributed by atoms with Crippen LogP contribution in [0.5, 0.6) is 0 Å². The minimum Gasteiger partial charge on any atom is -0.394 e. The van der Waals surface area contributed by atoms with E-state index in [1.165, 1.54) is 6.08 Å². The number of halogens is 1. The number of morpholine rings is 1. The molecular weight excluding hydrogens is 334 g/mol. The van der Waals surface area contributed by atoms with E-state index in [4.69, 9.17) is 26.6 Å². The van der Waals surface area contributed by atoms with Gasteiger partial charge in [-0.2, -0.15) is 0 Å². The molecule has 0 spiro atoms. The van der Waals surface area contributed by atoms with Crippen molar-refractivity contribution in [2.75, 3.05) is 39.5 Å². The Bertz CT molecular complexity index is 586. The molecule has 2 rings (SSSR count).